The van der Waals surface area contributed by atoms with Gasteiger partial charge in [0.15, 0.2) is 0 Å². The highest BCUT2D eigenvalue weighted by atomic mass is 16.2. The number of rotatable bonds is 3. The summed E-state index contributed by atoms with van der Waals surface area (Å²) in [7, 11) is 0. The minimum absolute atomic E-state index is 0.161. The molecule has 1 aromatic carbocycles. The minimum atomic E-state index is -0.161. The number of aromatic amines is 1. The summed E-state index contributed by atoms with van der Waals surface area (Å²) in [6.07, 6.45) is 1.68. The molecule has 0 aliphatic rings. The summed E-state index contributed by atoms with van der Waals surface area (Å²) in [4.78, 5) is 15.5. The first-order chi connectivity index (χ1) is 10.0. The van der Waals surface area contributed by atoms with Gasteiger partial charge in [-0.15, -0.1) is 0 Å². The first-order valence-corrected chi connectivity index (χ1v) is 6.99. The number of amides is 1. The first kappa shape index (κ1) is 13.4. The Morgan fingerprint density at radius 2 is 2.10 bits per heavy atom. The van der Waals surface area contributed by atoms with Crippen molar-refractivity contribution in [1.29, 1.82) is 0 Å². The van der Waals surface area contributed by atoms with Crippen LogP contribution in [0.5, 0.6) is 0 Å². The van der Waals surface area contributed by atoms with Crippen molar-refractivity contribution in [1.82, 2.24) is 14.8 Å². The van der Waals surface area contributed by atoms with Crippen LogP contribution >= 0.6 is 0 Å². The Labute approximate surface area is 123 Å². The molecule has 0 fully saturated rings. The number of aromatic nitrogens is 3. The van der Waals surface area contributed by atoms with Crippen molar-refractivity contribution in [2.75, 3.05) is 5.32 Å². The van der Waals surface area contributed by atoms with Crippen LogP contribution in [-0.2, 0) is 0 Å². The summed E-state index contributed by atoms with van der Waals surface area (Å²) < 4.78 is 1.78. The molecule has 0 aliphatic carbocycles. The van der Waals surface area contributed by atoms with E-state index in [1.807, 2.05) is 45.0 Å². The van der Waals surface area contributed by atoms with Crippen molar-refractivity contribution in [2.45, 2.75) is 26.8 Å². The molecular formula is C16H18N4O. The molecular weight excluding hydrogens is 264 g/mol. The largest absolute Gasteiger partial charge is 0.351 e. The van der Waals surface area contributed by atoms with E-state index in [0.29, 0.717) is 11.5 Å². The lowest BCUT2D eigenvalue weighted by Gasteiger charge is -2.11. The van der Waals surface area contributed by atoms with Crippen LogP contribution in [0.4, 0.5) is 5.82 Å². The number of nitrogens with zero attached hydrogens (tertiary/aromatic N) is 2. The van der Waals surface area contributed by atoms with E-state index in [9.17, 15) is 4.79 Å². The zero-order valence-corrected chi connectivity index (χ0v) is 12.3. The molecule has 21 heavy (non-hydrogen) atoms. The Balaban J connectivity index is 1.88. The quantitative estimate of drug-likeness (QED) is 0.772. The first-order valence-electron chi connectivity index (χ1n) is 6.99. The number of aryl methyl sites for hydroxylation is 1. The fraction of sp³-hybridized carbons (Fsp3) is 0.250. The second-order valence-corrected chi connectivity index (χ2v) is 5.48. The lowest BCUT2D eigenvalue weighted by Crippen LogP contribution is -2.16. The summed E-state index contributed by atoms with van der Waals surface area (Å²) in [5, 5.41) is 8.13. The normalized spacial score (nSPS) is 11.2. The highest BCUT2D eigenvalue weighted by molar-refractivity contribution is 6.05. The molecule has 5 heteroatoms. The van der Waals surface area contributed by atoms with E-state index < -0.39 is 0 Å². The monoisotopic (exact) mass is 282 g/mol. The van der Waals surface area contributed by atoms with Gasteiger partial charge in [-0.1, -0.05) is 12.1 Å². The summed E-state index contributed by atoms with van der Waals surface area (Å²) in [6.45, 7) is 6.07. The number of carbonyl (C=O) groups excluding carboxylic acids is 1. The fourth-order valence-electron chi connectivity index (χ4n) is 2.37. The molecule has 0 radical (unpaired) electrons. The van der Waals surface area contributed by atoms with Crippen molar-refractivity contribution in [3.8, 4) is 0 Å². The zero-order chi connectivity index (χ0) is 15.0. The lowest BCUT2D eigenvalue weighted by atomic mass is 10.2. The SMILES string of the molecule is Cc1ccc2cc(C(=O)Nc3ccnn3C(C)C)[nH]c2c1. The van der Waals surface area contributed by atoms with Gasteiger partial charge in [0.2, 0.25) is 0 Å². The highest BCUT2D eigenvalue weighted by Crippen LogP contribution is 2.19. The van der Waals surface area contributed by atoms with Crippen LogP contribution in [0.1, 0.15) is 35.9 Å². The molecule has 2 aromatic heterocycles. The molecule has 0 saturated heterocycles. The molecule has 5 nitrogen and oxygen atoms in total. The van der Waals surface area contributed by atoms with E-state index in [1.54, 1.807) is 16.9 Å². The molecule has 0 aliphatic heterocycles. The van der Waals surface area contributed by atoms with Gasteiger partial charge in [-0.05, 0) is 38.5 Å². The topological polar surface area (TPSA) is 62.7 Å². The number of benzene rings is 1. The number of hydrogen-bond acceptors (Lipinski definition) is 2. The van der Waals surface area contributed by atoms with Crippen LogP contribution in [-0.4, -0.2) is 20.7 Å². The van der Waals surface area contributed by atoms with E-state index in [4.69, 9.17) is 0 Å². The number of carbonyl (C=O) groups is 1. The van der Waals surface area contributed by atoms with Crippen molar-refractivity contribution < 1.29 is 4.79 Å². The Hall–Kier alpha value is -2.56. The van der Waals surface area contributed by atoms with Crippen LogP contribution in [0.15, 0.2) is 36.5 Å². The second-order valence-electron chi connectivity index (χ2n) is 5.48. The standard InChI is InChI=1S/C16H18N4O/c1-10(2)20-15(6-7-17-20)19-16(21)14-9-12-5-4-11(3)8-13(12)18-14/h4-10,18H,1-3H3,(H,19,21). The maximum atomic E-state index is 12.4. The summed E-state index contributed by atoms with van der Waals surface area (Å²) in [5.74, 6) is 0.538. The summed E-state index contributed by atoms with van der Waals surface area (Å²) >= 11 is 0. The van der Waals surface area contributed by atoms with Crippen LogP contribution in [0.3, 0.4) is 0 Å². The predicted octanol–water partition coefficient (Wildman–Crippen LogP) is 3.51. The van der Waals surface area contributed by atoms with Gasteiger partial charge < -0.3 is 10.3 Å². The third-order valence-corrected chi connectivity index (χ3v) is 3.42. The van der Waals surface area contributed by atoms with E-state index >= 15 is 0 Å². The Morgan fingerprint density at radius 3 is 2.86 bits per heavy atom. The van der Waals surface area contributed by atoms with E-state index in [-0.39, 0.29) is 11.9 Å². The molecule has 0 saturated carbocycles. The van der Waals surface area contributed by atoms with Crippen LogP contribution < -0.4 is 5.32 Å². The Morgan fingerprint density at radius 1 is 1.29 bits per heavy atom. The average Bonchev–Trinajstić information content (AvgIpc) is 3.04. The van der Waals surface area contributed by atoms with E-state index in [0.717, 1.165) is 16.5 Å². The van der Waals surface area contributed by atoms with Gasteiger partial charge in [0.05, 0.1) is 6.20 Å². The number of anilines is 1. The predicted molar refractivity (Wildman–Crippen MR) is 83.6 cm³/mol. The second kappa shape index (κ2) is 5.09. The molecule has 2 heterocycles. The minimum Gasteiger partial charge on any atom is -0.351 e. The zero-order valence-electron chi connectivity index (χ0n) is 12.3. The molecule has 0 bridgehead atoms. The molecule has 3 aromatic rings. The highest BCUT2D eigenvalue weighted by Gasteiger charge is 2.13. The van der Waals surface area contributed by atoms with Crippen molar-refractivity contribution in [3.05, 3.63) is 47.8 Å². The smallest absolute Gasteiger partial charge is 0.273 e. The number of hydrogen-bond donors (Lipinski definition) is 2. The van der Waals surface area contributed by atoms with Crippen LogP contribution in [0.2, 0.25) is 0 Å². The maximum absolute atomic E-state index is 12.4. The van der Waals surface area contributed by atoms with Gasteiger partial charge in [0.25, 0.3) is 5.91 Å². The van der Waals surface area contributed by atoms with Gasteiger partial charge in [-0.3, -0.25) is 4.79 Å². The van der Waals surface area contributed by atoms with Gasteiger partial charge in [-0.2, -0.15) is 5.10 Å². The molecule has 0 atom stereocenters. The number of nitrogens with one attached hydrogen (secondary N) is 2. The van der Waals surface area contributed by atoms with Gasteiger partial charge in [-0.25, -0.2) is 4.68 Å². The molecule has 1 amide bonds. The number of fused-ring (bicyclic) bond motifs is 1. The van der Waals surface area contributed by atoms with E-state index in [1.165, 1.54) is 0 Å². The molecule has 0 spiro atoms. The number of H-pyrrole nitrogens is 1. The van der Waals surface area contributed by atoms with Crippen LogP contribution in [0, 0.1) is 6.92 Å². The van der Waals surface area contributed by atoms with Gasteiger partial charge in [0, 0.05) is 23.0 Å². The maximum Gasteiger partial charge on any atom is 0.273 e. The van der Waals surface area contributed by atoms with Gasteiger partial charge in [0.1, 0.15) is 11.5 Å². The molecule has 3 rings (SSSR count). The summed E-state index contributed by atoms with van der Waals surface area (Å²) in [5.41, 5.74) is 2.68. The summed E-state index contributed by atoms with van der Waals surface area (Å²) in [6, 6.07) is 9.93. The molecule has 108 valence electrons. The Kier molecular flexibility index (Phi) is 3.25. The van der Waals surface area contributed by atoms with Crippen molar-refractivity contribution in [3.63, 3.8) is 0 Å². The van der Waals surface area contributed by atoms with Crippen molar-refractivity contribution in [2.24, 2.45) is 0 Å². The molecule has 2 N–H and O–H groups in total. The van der Waals surface area contributed by atoms with Crippen LogP contribution in [0.25, 0.3) is 10.9 Å². The third-order valence-electron chi connectivity index (χ3n) is 3.42. The van der Waals surface area contributed by atoms with E-state index in [2.05, 4.69) is 15.4 Å². The lowest BCUT2D eigenvalue weighted by molar-refractivity contribution is 0.102. The third kappa shape index (κ3) is 2.54. The van der Waals surface area contributed by atoms with Crippen molar-refractivity contribution >= 4 is 22.6 Å². The average molecular weight is 282 g/mol. The van der Waals surface area contributed by atoms with Gasteiger partial charge >= 0.3 is 0 Å². The fourth-order valence-corrected chi connectivity index (χ4v) is 2.37. The molecule has 0 unspecified atom stereocenters. The Bertz CT molecular complexity index is 798.